The van der Waals surface area contributed by atoms with E-state index < -0.39 is 0 Å². The van der Waals surface area contributed by atoms with E-state index in [-0.39, 0.29) is 12.6 Å². The van der Waals surface area contributed by atoms with E-state index in [0.29, 0.717) is 0 Å². The standard InChI is InChI=1S/C16H16N2OS/c1-11(18-14-4-2-3-12(7-14)10-19)13-8-16-15(17-9-13)5-6-20-16/h2-9,11,18-19H,10H2,1H3. The van der Waals surface area contributed by atoms with Crippen LogP contribution < -0.4 is 5.32 Å². The van der Waals surface area contributed by atoms with Crippen molar-refractivity contribution in [2.75, 3.05) is 5.32 Å². The van der Waals surface area contributed by atoms with Crippen LogP contribution in [0.15, 0.2) is 48.0 Å². The third-order valence-electron chi connectivity index (χ3n) is 3.32. The first-order valence-electron chi connectivity index (χ1n) is 6.56. The Morgan fingerprint density at radius 2 is 2.20 bits per heavy atom. The van der Waals surface area contributed by atoms with Crippen molar-refractivity contribution in [2.45, 2.75) is 19.6 Å². The van der Waals surface area contributed by atoms with Gasteiger partial charge in [-0.05, 0) is 47.7 Å². The van der Waals surface area contributed by atoms with Gasteiger partial charge in [-0.2, -0.15) is 0 Å². The van der Waals surface area contributed by atoms with E-state index >= 15 is 0 Å². The van der Waals surface area contributed by atoms with Crippen molar-refractivity contribution in [1.29, 1.82) is 0 Å². The normalized spacial score (nSPS) is 12.5. The van der Waals surface area contributed by atoms with Gasteiger partial charge in [0.15, 0.2) is 0 Å². The number of anilines is 1. The lowest BCUT2D eigenvalue weighted by atomic mass is 10.1. The number of benzene rings is 1. The van der Waals surface area contributed by atoms with Crippen LogP contribution in [0.1, 0.15) is 24.1 Å². The summed E-state index contributed by atoms with van der Waals surface area (Å²) in [6.07, 6.45) is 1.92. The third kappa shape index (κ3) is 2.66. The van der Waals surface area contributed by atoms with Crippen molar-refractivity contribution in [2.24, 2.45) is 0 Å². The number of aromatic nitrogens is 1. The van der Waals surface area contributed by atoms with E-state index in [9.17, 15) is 5.11 Å². The average Bonchev–Trinajstić information content (AvgIpc) is 2.94. The Labute approximate surface area is 121 Å². The zero-order valence-electron chi connectivity index (χ0n) is 11.2. The number of hydrogen-bond acceptors (Lipinski definition) is 4. The summed E-state index contributed by atoms with van der Waals surface area (Å²) in [7, 11) is 0. The molecule has 3 aromatic rings. The molecule has 0 radical (unpaired) electrons. The molecule has 1 unspecified atom stereocenters. The number of fused-ring (bicyclic) bond motifs is 1. The van der Waals surface area contributed by atoms with Crippen molar-refractivity contribution < 1.29 is 5.11 Å². The van der Waals surface area contributed by atoms with Crippen LogP contribution in [-0.4, -0.2) is 10.1 Å². The van der Waals surface area contributed by atoms with Crippen LogP contribution in [0.4, 0.5) is 5.69 Å². The Morgan fingerprint density at radius 1 is 1.30 bits per heavy atom. The molecule has 102 valence electrons. The molecule has 0 fully saturated rings. The zero-order valence-corrected chi connectivity index (χ0v) is 12.0. The minimum absolute atomic E-state index is 0.0621. The molecule has 1 atom stereocenters. The largest absolute Gasteiger partial charge is 0.392 e. The predicted molar refractivity (Wildman–Crippen MR) is 84.0 cm³/mol. The van der Waals surface area contributed by atoms with Gasteiger partial charge in [0.1, 0.15) is 0 Å². The molecule has 0 aliphatic carbocycles. The van der Waals surface area contributed by atoms with E-state index in [4.69, 9.17) is 0 Å². The van der Waals surface area contributed by atoms with Crippen LogP contribution in [0, 0.1) is 0 Å². The van der Waals surface area contributed by atoms with Crippen molar-refractivity contribution in [1.82, 2.24) is 4.98 Å². The number of aliphatic hydroxyl groups excluding tert-OH is 1. The van der Waals surface area contributed by atoms with Crippen molar-refractivity contribution in [3.63, 3.8) is 0 Å². The predicted octanol–water partition coefficient (Wildman–Crippen LogP) is 3.96. The molecule has 0 amide bonds. The van der Waals surface area contributed by atoms with Crippen molar-refractivity contribution in [3.05, 3.63) is 59.1 Å². The number of thiophene rings is 1. The van der Waals surface area contributed by atoms with Gasteiger partial charge in [0.05, 0.1) is 22.9 Å². The van der Waals surface area contributed by atoms with Crippen molar-refractivity contribution in [3.8, 4) is 0 Å². The van der Waals surface area contributed by atoms with Gasteiger partial charge >= 0.3 is 0 Å². The lowest BCUT2D eigenvalue weighted by Gasteiger charge is -2.16. The maximum absolute atomic E-state index is 9.17. The maximum atomic E-state index is 9.17. The lowest BCUT2D eigenvalue weighted by Crippen LogP contribution is -2.07. The van der Waals surface area contributed by atoms with E-state index in [0.717, 1.165) is 22.3 Å². The monoisotopic (exact) mass is 284 g/mol. The Morgan fingerprint density at radius 3 is 3.05 bits per heavy atom. The maximum Gasteiger partial charge on any atom is 0.0809 e. The molecule has 3 rings (SSSR count). The van der Waals surface area contributed by atoms with Crippen LogP contribution in [0.5, 0.6) is 0 Å². The molecule has 0 bridgehead atoms. The second kappa shape index (κ2) is 5.61. The van der Waals surface area contributed by atoms with Gasteiger partial charge in [-0.3, -0.25) is 4.98 Å². The molecule has 0 saturated carbocycles. The van der Waals surface area contributed by atoms with Gasteiger partial charge in [0.2, 0.25) is 0 Å². The molecule has 2 N–H and O–H groups in total. The summed E-state index contributed by atoms with van der Waals surface area (Å²) in [6.45, 7) is 2.18. The highest BCUT2D eigenvalue weighted by Crippen LogP contribution is 2.25. The molecule has 0 saturated heterocycles. The van der Waals surface area contributed by atoms with Gasteiger partial charge in [-0.1, -0.05) is 12.1 Å². The SMILES string of the molecule is CC(Nc1cccc(CO)c1)c1cnc2ccsc2c1. The van der Waals surface area contributed by atoms with Crippen LogP contribution in [0.25, 0.3) is 10.2 Å². The molecule has 3 nitrogen and oxygen atoms in total. The summed E-state index contributed by atoms with van der Waals surface area (Å²) in [5.41, 5.74) is 4.13. The Balaban J connectivity index is 1.82. The van der Waals surface area contributed by atoms with Gasteiger partial charge in [0.25, 0.3) is 0 Å². The van der Waals surface area contributed by atoms with Gasteiger partial charge < -0.3 is 10.4 Å². The second-order valence-corrected chi connectivity index (χ2v) is 5.74. The molecular formula is C16H16N2OS. The minimum Gasteiger partial charge on any atom is -0.392 e. The van der Waals surface area contributed by atoms with E-state index in [1.54, 1.807) is 11.3 Å². The highest BCUT2D eigenvalue weighted by atomic mass is 32.1. The molecular weight excluding hydrogens is 268 g/mol. The Bertz CT molecular complexity index is 723. The fourth-order valence-electron chi connectivity index (χ4n) is 2.19. The molecule has 0 aliphatic rings. The first-order valence-corrected chi connectivity index (χ1v) is 7.44. The highest BCUT2D eigenvalue weighted by molar-refractivity contribution is 7.17. The van der Waals surface area contributed by atoms with Crippen molar-refractivity contribution >= 4 is 27.2 Å². The lowest BCUT2D eigenvalue weighted by molar-refractivity contribution is 0.282. The van der Waals surface area contributed by atoms with Gasteiger partial charge in [-0.15, -0.1) is 11.3 Å². The first-order chi connectivity index (χ1) is 9.76. The summed E-state index contributed by atoms with van der Waals surface area (Å²) in [6, 6.07) is 12.2. The molecule has 0 aliphatic heterocycles. The molecule has 0 spiro atoms. The smallest absolute Gasteiger partial charge is 0.0809 e. The number of nitrogens with one attached hydrogen (secondary N) is 1. The van der Waals surface area contributed by atoms with Crippen LogP contribution in [0.2, 0.25) is 0 Å². The molecule has 2 heterocycles. The first kappa shape index (κ1) is 13.1. The summed E-state index contributed by atoms with van der Waals surface area (Å²) >= 11 is 1.71. The number of aliphatic hydroxyl groups is 1. The minimum atomic E-state index is 0.0621. The second-order valence-electron chi connectivity index (χ2n) is 4.80. The Hall–Kier alpha value is -1.91. The topological polar surface area (TPSA) is 45.1 Å². The average molecular weight is 284 g/mol. The third-order valence-corrected chi connectivity index (χ3v) is 4.17. The summed E-state index contributed by atoms with van der Waals surface area (Å²) in [4.78, 5) is 4.47. The molecule has 20 heavy (non-hydrogen) atoms. The van der Waals surface area contributed by atoms with E-state index in [2.05, 4.69) is 28.7 Å². The van der Waals surface area contributed by atoms with E-state index in [1.165, 1.54) is 4.70 Å². The molecule has 1 aromatic carbocycles. The number of rotatable bonds is 4. The van der Waals surface area contributed by atoms with Crippen LogP contribution >= 0.6 is 11.3 Å². The fraction of sp³-hybridized carbons (Fsp3) is 0.188. The number of nitrogens with zero attached hydrogens (tertiary/aromatic N) is 1. The fourth-order valence-corrected chi connectivity index (χ4v) is 2.98. The zero-order chi connectivity index (χ0) is 13.9. The van der Waals surface area contributed by atoms with Crippen LogP contribution in [-0.2, 0) is 6.61 Å². The number of pyridine rings is 1. The molecule has 2 aromatic heterocycles. The number of hydrogen-bond donors (Lipinski definition) is 2. The summed E-state index contributed by atoms with van der Waals surface area (Å²) in [5.74, 6) is 0. The quantitative estimate of drug-likeness (QED) is 0.762. The summed E-state index contributed by atoms with van der Waals surface area (Å²) < 4.78 is 1.21. The van der Waals surface area contributed by atoms with E-state index in [1.807, 2.05) is 36.5 Å². The van der Waals surface area contributed by atoms with Crippen LogP contribution in [0.3, 0.4) is 0 Å². The highest BCUT2D eigenvalue weighted by Gasteiger charge is 2.08. The van der Waals surface area contributed by atoms with Gasteiger partial charge in [-0.25, -0.2) is 0 Å². The molecule has 4 heteroatoms. The Kier molecular flexibility index (Phi) is 3.67. The van der Waals surface area contributed by atoms with Gasteiger partial charge in [0, 0.05) is 11.9 Å². The summed E-state index contributed by atoms with van der Waals surface area (Å²) in [5, 5.41) is 14.7.